The minimum Gasteiger partial charge on any atom is -0.339 e. The molecule has 2 heteroatoms. The highest BCUT2D eigenvalue weighted by atomic mass is 16.2. The van der Waals surface area contributed by atoms with Crippen molar-refractivity contribution in [2.24, 2.45) is 10.8 Å². The molecule has 1 rings (SSSR count). The lowest BCUT2D eigenvalue weighted by Gasteiger charge is -2.33. The van der Waals surface area contributed by atoms with Crippen LogP contribution in [0.5, 0.6) is 0 Å². The zero-order chi connectivity index (χ0) is 14.8. The van der Waals surface area contributed by atoms with Crippen molar-refractivity contribution in [1.82, 2.24) is 4.90 Å². The molecule has 0 aromatic heterocycles. The van der Waals surface area contributed by atoms with E-state index in [4.69, 9.17) is 0 Å². The molecule has 0 spiro atoms. The first-order valence-electron chi connectivity index (χ1n) is 7.62. The lowest BCUT2D eigenvalue weighted by Crippen LogP contribution is -2.36. The van der Waals surface area contributed by atoms with E-state index >= 15 is 0 Å². The van der Waals surface area contributed by atoms with Crippen molar-refractivity contribution in [3.63, 3.8) is 0 Å². The molecule has 110 valence electrons. The number of allylic oxidation sites excluding steroid dienone is 1. The molecule has 0 bridgehead atoms. The van der Waals surface area contributed by atoms with Gasteiger partial charge in [-0.3, -0.25) is 4.79 Å². The smallest absolute Gasteiger partial charge is 0.250 e. The predicted molar refractivity (Wildman–Crippen MR) is 82.0 cm³/mol. The largest absolute Gasteiger partial charge is 0.339 e. The fourth-order valence-electron chi connectivity index (χ4n) is 2.97. The summed E-state index contributed by atoms with van der Waals surface area (Å²) >= 11 is 0. The second kappa shape index (κ2) is 5.68. The minimum atomic E-state index is -0.0734. The summed E-state index contributed by atoms with van der Waals surface area (Å²) in [6.45, 7) is 17.1. The van der Waals surface area contributed by atoms with E-state index in [1.54, 1.807) is 0 Å². The molecule has 0 aliphatic carbocycles. The maximum absolute atomic E-state index is 12.9. The molecule has 1 heterocycles. The molecule has 2 nitrogen and oxygen atoms in total. The van der Waals surface area contributed by atoms with Crippen LogP contribution in [0.15, 0.2) is 11.1 Å². The Bertz CT molecular complexity index is 366. The normalized spacial score (nSPS) is 18.9. The van der Waals surface area contributed by atoms with Gasteiger partial charge in [0.15, 0.2) is 0 Å². The molecule has 0 fully saturated rings. The first kappa shape index (κ1) is 16.3. The lowest BCUT2D eigenvalue weighted by atomic mass is 9.73. The van der Waals surface area contributed by atoms with E-state index in [9.17, 15) is 4.79 Å². The molecule has 0 aromatic rings. The van der Waals surface area contributed by atoms with Crippen molar-refractivity contribution in [3.05, 3.63) is 11.1 Å². The standard InChI is InChI=1S/C17H31NO/c1-8-11-18-12-9-10-13(16(2,3)4)14(15(18)19)17(5,6)7/h8-12H2,1-7H3. The molecule has 0 radical (unpaired) electrons. The van der Waals surface area contributed by atoms with Crippen LogP contribution in [0.4, 0.5) is 0 Å². The molecule has 0 saturated carbocycles. The number of hydrogen-bond donors (Lipinski definition) is 0. The number of hydrogen-bond acceptors (Lipinski definition) is 1. The summed E-state index contributed by atoms with van der Waals surface area (Å²) in [6, 6.07) is 0. The third-order valence-electron chi connectivity index (χ3n) is 3.81. The van der Waals surface area contributed by atoms with E-state index in [-0.39, 0.29) is 16.7 Å². The average molecular weight is 265 g/mol. The van der Waals surface area contributed by atoms with E-state index in [0.29, 0.717) is 0 Å². The molecule has 1 aliphatic rings. The SMILES string of the molecule is CCCN1CCCC(C(C)(C)C)=C(C(C)(C)C)C1=O. The van der Waals surface area contributed by atoms with E-state index in [1.165, 1.54) is 5.57 Å². The van der Waals surface area contributed by atoms with Crippen molar-refractivity contribution >= 4 is 5.91 Å². The third-order valence-corrected chi connectivity index (χ3v) is 3.81. The molecule has 0 unspecified atom stereocenters. The molecular weight excluding hydrogens is 234 g/mol. The lowest BCUT2D eigenvalue weighted by molar-refractivity contribution is -0.128. The van der Waals surface area contributed by atoms with Crippen molar-refractivity contribution in [1.29, 1.82) is 0 Å². The van der Waals surface area contributed by atoms with Gasteiger partial charge in [-0.25, -0.2) is 0 Å². The number of carbonyl (C=O) groups excluding carboxylic acids is 1. The van der Waals surface area contributed by atoms with Crippen LogP contribution in [0.1, 0.15) is 67.7 Å². The monoisotopic (exact) mass is 265 g/mol. The fraction of sp³-hybridized carbons (Fsp3) is 0.824. The van der Waals surface area contributed by atoms with Gasteiger partial charge in [0.05, 0.1) is 0 Å². The van der Waals surface area contributed by atoms with Crippen molar-refractivity contribution in [2.75, 3.05) is 13.1 Å². The second-order valence-electron chi connectivity index (χ2n) is 7.75. The second-order valence-corrected chi connectivity index (χ2v) is 7.75. The van der Waals surface area contributed by atoms with Crippen LogP contribution < -0.4 is 0 Å². The van der Waals surface area contributed by atoms with Crippen molar-refractivity contribution in [2.45, 2.75) is 67.7 Å². The minimum absolute atomic E-state index is 0.0734. The maximum Gasteiger partial charge on any atom is 0.250 e. The summed E-state index contributed by atoms with van der Waals surface area (Å²) in [5.74, 6) is 0.275. The van der Waals surface area contributed by atoms with Gasteiger partial charge in [-0.1, -0.05) is 54.0 Å². The average Bonchev–Trinajstić information content (AvgIpc) is 2.38. The Kier molecular flexibility index (Phi) is 4.86. The van der Waals surface area contributed by atoms with Gasteiger partial charge in [-0.15, -0.1) is 0 Å². The van der Waals surface area contributed by atoms with E-state index in [2.05, 4.69) is 53.4 Å². The molecule has 1 amide bonds. The zero-order valence-electron chi connectivity index (χ0n) is 13.9. The Morgan fingerprint density at radius 2 is 1.63 bits per heavy atom. The molecule has 0 saturated heterocycles. The van der Waals surface area contributed by atoms with Crippen LogP contribution in [-0.2, 0) is 4.79 Å². The van der Waals surface area contributed by atoms with Crippen molar-refractivity contribution in [3.8, 4) is 0 Å². The molecule has 1 aliphatic heterocycles. The first-order chi connectivity index (χ1) is 8.59. The van der Waals surface area contributed by atoms with Crippen LogP contribution in [0.25, 0.3) is 0 Å². The van der Waals surface area contributed by atoms with E-state index < -0.39 is 0 Å². The number of carbonyl (C=O) groups is 1. The molecule has 0 aromatic carbocycles. The van der Waals surface area contributed by atoms with Gasteiger partial charge < -0.3 is 4.90 Å². The highest BCUT2D eigenvalue weighted by Crippen LogP contribution is 2.41. The van der Waals surface area contributed by atoms with Gasteiger partial charge in [0, 0.05) is 18.7 Å². The molecule has 19 heavy (non-hydrogen) atoms. The third kappa shape index (κ3) is 3.84. The summed E-state index contributed by atoms with van der Waals surface area (Å²) in [4.78, 5) is 15.0. The zero-order valence-corrected chi connectivity index (χ0v) is 13.9. The maximum atomic E-state index is 12.9. The summed E-state index contributed by atoms with van der Waals surface area (Å²) in [5.41, 5.74) is 2.44. The fourth-order valence-corrected chi connectivity index (χ4v) is 2.97. The van der Waals surface area contributed by atoms with Gasteiger partial charge in [0.25, 0.3) is 0 Å². The number of amides is 1. The van der Waals surface area contributed by atoms with Crippen molar-refractivity contribution < 1.29 is 4.79 Å². The van der Waals surface area contributed by atoms with Gasteiger partial charge in [-0.2, -0.15) is 0 Å². The predicted octanol–water partition coefficient (Wildman–Crippen LogP) is 4.41. The highest BCUT2D eigenvalue weighted by Gasteiger charge is 2.35. The Morgan fingerprint density at radius 1 is 1.05 bits per heavy atom. The van der Waals surface area contributed by atoms with E-state index in [0.717, 1.165) is 37.9 Å². The van der Waals surface area contributed by atoms with Crippen LogP contribution in [0.2, 0.25) is 0 Å². The van der Waals surface area contributed by atoms with Crippen LogP contribution >= 0.6 is 0 Å². The van der Waals surface area contributed by atoms with E-state index in [1.807, 2.05) is 0 Å². The van der Waals surface area contributed by atoms with Gasteiger partial charge in [0.1, 0.15) is 0 Å². The van der Waals surface area contributed by atoms with Gasteiger partial charge in [0.2, 0.25) is 5.91 Å². The number of nitrogens with zero attached hydrogens (tertiary/aromatic N) is 1. The van der Waals surface area contributed by atoms with Gasteiger partial charge in [-0.05, 0) is 30.1 Å². The number of rotatable bonds is 2. The Morgan fingerprint density at radius 3 is 2.05 bits per heavy atom. The quantitative estimate of drug-likeness (QED) is 0.724. The summed E-state index contributed by atoms with van der Waals surface area (Å²) in [5, 5.41) is 0. The van der Waals surface area contributed by atoms with Crippen LogP contribution in [0.3, 0.4) is 0 Å². The Balaban J connectivity index is 3.32. The molecule has 0 atom stereocenters. The first-order valence-corrected chi connectivity index (χ1v) is 7.62. The van der Waals surface area contributed by atoms with Gasteiger partial charge >= 0.3 is 0 Å². The Labute approximate surface area is 119 Å². The van der Waals surface area contributed by atoms with Crippen LogP contribution in [0, 0.1) is 10.8 Å². The molecule has 0 N–H and O–H groups in total. The Hall–Kier alpha value is -0.790. The topological polar surface area (TPSA) is 20.3 Å². The summed E-state index contributed by atoms with van der Waals surface area (Å²) < 4.78 is 0. The highest BCUT2D eigenvalue weighted by molar-refractivity contribution is 5.96. The summed E-state index contributed by atoms with van der Waals surface area (Å²) in [6.07, 6.45) is 3.19. The summed E-state index contributed by atoms with van der Waals surface area (Å²) in [7, 11) is 0. The van der Waals surface area contributed by atoms with Crippen LogP contribution in [-0.4, -0.2) is 23.9 Å². The molecular formula is C17H31NO.